The van der Waals surface area contributed by atoms with Crippen LogP contribution in [0.25, 0.3) is 0 Å². The van der Waals surface area contributed by atoms with Gasteiger partial charge in [0, 0.05) is 58.3 Å². The number of fused-ring (bicyclic) bond motifs is 4. The molecule has 2 amide bonds. The van der Waals surface area contributed by atoms with Crippen molar-refractivity contribution >= 4 is 11.8 Å². The van der Waals surface area contributed by atoms with Gasteiger partial charge in [0.05, 0.1) is 19.8 Å². The minimum atomic E-state index is 0.134. The molecule has 4 heterocycles. The van der Waals surface area contributed by atoms with E-state index in [9.17, 15) is 9.59 Å². The number of morpholine rings is 1. The molecule has 2 unspecified atom stereocenters. The molecule has 4 rings (SSSR count). The van der Waals surface area contributed by atoms with Crippen LogP contribution in [0.4, 0.5) is 0 Å². The highest BCUT2D eigenvalue weighted by Crippen LogP contribution is 2.37. The van der Waals surface area contributed by atoms with E-state index in [-0.39, 0.29) is 5.91 Å². The number of likely N-dealkylation sites (tertiary alicyclic amines) is 1. The van der Waals surface area contributed by atoms with E-state index in [2.05, 4.69) is 20.0 Å². The standard InChI is InChI=1S/C19H32N4O3/c24-18(20-4-5-21-6-8-26-9-7-21)14-22-11-15-10-16(13-22)17-2-1-3-19(25)23(17)12-15/h15-17H,1-14H2,(H,20,24)/t15?,16?,17-/m1/s1. The lowest BCUT2D eigenvalue weighted by Crippen LogP contribution is -2.61. The molecular weight excluding hydrogens is 332 g/mol. The van der Waals surface area contributed by atoms with Crippen molar-refractivity contribution in [2.45, 2.75) is 31.7 Å². The van der Waals surface area contributed by atoms with E-state index in [0.29, 0.717) is 36.9 Å². The van der Waals surface area contributed by atoms with Gasteiger partial charge in [0.2, 0.25) is 11.8 Å². The minimum absolute atomic E-state index is 0.134. The quantitative estimate of drug-likeness (QED) is 0.730. The average Bonchev–Trinajstić information content (AvgIpc) is 2.63. The second-order valence-corrected chi connectivity index (χ2v) is 8.37. The molecule has 0 aromatic heterocycles. The average molecular weight is 364 g/mol. The van der Waals surface area contributed by atoms with Gasteiger partial charge < -0.3 is 15.0 Å². The van der Waals surface area contributed by atoms with Crippen molar-refractivity contribution in [1.29, 1.82) is 0 Å². The number of piperidine rings is 3. The molecule has 7 heteroatoms. The van der Waals surface area contributed by atoms with Gasteiger partial charge in [-0.25, -0.2) is 0 Å². The largest absolute Gasteiger partial charge is 0.379 e. The van der Waals surface area contributed by atoms with E-state index >= 15 is 0 Å². The third-order valence-corrected chi connectivity index (χ3v) is 6.48. The summed E-state index contributed by atoms with van der Waals surface area (Å²) in [5.41, 5.74) is 0. The molecule has 3 atom stereocenters. The number of ether oxygens (including phenoxy) is 1. The van der Waals surface area contributed by atoms with Crippen molar-refractivity contribution in [1.82, 2.24) is 20.0 Å². The van der Waals surface area contributed by atoms with Crippen LogP contribution >= 0.6 is 0 Å². The van der Waals surface area contributed by atoms with E-state index < -0.39 is 0 Å². The zero-order chi connectivity index (χ0) is 17.9. The topological polar surface area (TPSA) is 65.1 Å². The first-order valence-electron chi connectivity index (χ1n) is 10.3. The third-order valence-electron chi connectivity index (χ3n) is 6.48. The van der Waals surface area contributed by atoms with Crippen molar-refractivity contribution in [3.8, 4) is 0 Å². The van der Waals surface area contributed by atoms with Crippen LogP contribution < -0.4 is 5.32 Å². The van der Waals surface area contributed by atoms with Gasteiger partial charge in [-0.3, -0.25) is 19.4 Å². The van der Waals surface area contributed by atoms with E-state index in [0.717, 1.165) is 71.7 Å². The van der Waals surface area contributed by atoms with E-state index in [1.54, 1.807) is 0 Å². The van der Waals surface area contributed by atoms with Crippen molar-refractivity contribution in [3.63, 3.8) is 0 Å². The van der Waals surface area contributed by atoms with Gasteiger partial charge in [-0.2, -0.15) is 0 Å². The summed E-state index contributed by atoms with van der Waals surface area (Å²) in [5, 5.41) is 3.08. The molecule has 1 N–H and O–H groups in total. The summed E-state index contributed by atoms with van der Waals surface area (Å²) in [6.45, 7) is 8.43. The van der Waals surface area contributed by atoms with Crippen molar-refractivity contribution in [2.75, 3.05) is 65.6 Å². The summed E-state index contributed by atoms with van der Waals surface area (Å²) in [4.78, 5) is 31.4. The van der Waals surface area contributed by atoms with Crippen LogP contribution in [-0.2, 0) is 14.3 Å². The maximum absolute atomic E-state index is 12.3. The van der Waals surface area contributed by atoms with Crippen LogP contribution in [0.15, 0.2) is 0 Å². The Morgan fingerprint density at radius 2 is 2.00 bits per heavy atom. The van der Waals surface area contributed by atoms with Crippen LogP contribution in [-0.4, -0.2) is 98.1 Å². The van der Waals surface area contributed by atoms with Gasteiger partial charge in [-0.05, 0) is 31.1 Å². The lowest BCUT2D eigenvalue weighted by Gasteiger charge is -2.52. The van der Waals surface area contributed by atoms with Crippen LogP contribution in [0.2, 0.25) is 0 Å². The highest BCUT2D eigenvalue weighted by atomic mass is 16.5. The van der Waals surface area contributed by atoms with E-state index in [4.69, 9.17) is 4.74 Å². The maximum Gasteiger partial charge on any atom is 0.234 e. The van der Waals surface area contributed by atoms with Gasteiger partial charge in [0.25, 0.3) is 0 Å². The molecule has 7 nitrogen and oxygen atoms in total. The predicted octanol–water partition coefficient (Wildman–Crippen LogP) is -0.232. The lowest BCUT2D eigenvalue weighted by atomic mass is 9.76. The number of hydrogen-bond donors (Lipinski definition) is 1. The number of carbonyl (C=O) groups excluding carboxylic acids is 2. The smallest absolute Gasteiger partial charge is 0.234 e. The first-order chi connectivity index (χ1) is 12.7. The van der Waals surface area contributed by atoms with Crippen LogP contribution in [0.1, 0.15) is 25.7 Å². The summed E-state index contributed by atoms with van der Waals surface area (Å²) >= 11 is 0. The second-order valence-electron chi connectivity index (χ2n) is 8.37. The van der Waals surface area contributed by atoms with Crippen molar-refractivity contribution in [2.24, 2.45) is 11.8 Å². The van der Waals surface area contributed by atoms with Crippen LogP contribution in [0.3, 0.4) is 0 Å². The van der Waals surface area contributed by atoms with Gasteiger partial charge in [-0.15, -0.1) is 0 Å². The summed E-state index contributed by atoms with van der Waals surface area (Å²) in [6.07, 6.45) is 4.13. The Balaban J connectivity index is 1.22. The van der Waals surface area contributed by atoms with Crippen molar-refractivity contribution < 1.29 is 14.3 Å². The molecule has 2 bridgehead atoms. The molecule has 4 saturated heterocycles. The fourth-order valence-corrected chi connectivity index (χ4v) is 5.28. The Hall–Kier alpha value is -1.18. The number of carbonyl (C=O) groups is 2. The number of nitrogens with one attached hydrogen (secondary N) is 1. The molecule has 4 aliphatic rings. The van der Waals surface area contributed by atoms with Gasteiger partial charge in [0.15, 0.2) is 0 Å². The molecule has 26 heavy (non-hydrogen) atoms. The lowest BCUT2D eigenvalue weighted by molar-refractivity contribution is -0.145. The molecule has 0 aromatic rings. The first kappa shape index (κ1) is 18.2. The van der Waals surface area contributed by atoms with Crippen molar-refractivity contribution in [3.05, 3.63) is 0 Å². The Bertz CT molecular complexity index is 523. The molecule has 4 fully saturated rings. The second kappa shape index (κ2) is 8.23. The zero-order valence-electron chi connectivity index (χ0n) is 15.7. The highest BCUT2D eigenvalue weighted by molar-refractivity contribution is 5.78. The van der Waals surface area contributed by atoms with Gasteiger partial charge in [-0.1, -0.05) is 0 Å². The Labute approximate surface area is 156 Å². The normalized spacial score (nSPS) is 33.0. The Kier molecular flexibility index (Phi) is 5.76. The first-order valence-corrected chi connectivity index (χ1v) is 10.3. The van der Waals surface area contributed by atoms with Crippen LogP contribution in [0, 0.1) is 11.8 Å². The monoisotopic (exact) mass is 364 g/mol. The highest BCUT2D eigenvalue weighted by Gasteiger charge is 2.43. The molecule has 0 spiro atoms. The third kappa shape index (κ3) is 4.21. The summed E-state index contributed by atoms with van der Waals surface area (Å²) in [5.74, 6) is 1.57. The number of nitrogens with zero attached hydrogens (tertiary/aromatic N) is 3. The Morgan fingerprint density at radius 1 is 1.15 bits per heavy atom. The zero-order valence-corrected chi connectivity index (χ0v) is 15.7. The molecule has 0 aliphatic carbocycles. The molecule has 4 aliphatic heterocycles. The van der Waals surface area contributed by atoms with Crippen LogP contribution in [0.5, 0.6) is 0 Å². The molecule has 0 saturated carbocycles. The minimum Gasteiger partial charge on any atom is -0.379 e. The number of hydrogen-bond acceptors (Lipinski definition) is 5. The number of rotatable bonds is 5. The molecule has 0 aromatic carbocycles. The maximum atomic E-state index is 12.3. The summed E-state index contributed by atoms with van der Waals surface area (Å²) in [6, 6.07) is 0.416. The summed E-state index contributed by atoms with van der Waals surface area (Å²) < 4.78 is 5.35. The van der Waals surface area contributed by atoms with E-state index in [1.807, 2.05) is 0 Å². The molecule has 0 radical (unpaired) electrons. The predicted molar refractivity (Wildman–Crippen MR) is 97.7 cm³/mol. The SMILES string of the molecule is O=C(CN1CC2CC(C1)[C@H]1CCCC(=O)N1C2)NCCN1CCOCC1. The van der Waals surface area contributed by atoms with Gasteiger partial charge in [0.1, 0.15) is 0 Å². The number of amides is 2. The Morgan fingerprint density at radius 3 is 2.85 bits per heavy atom. The van der Waals surface area contributed by atoms with Gasteiger partial charge >= 0.3 is 0 Å². The fourth-order valence-electron chi connectivity index (χ4n) is 5.28. The van der Waals surface area contributed by atoms with E-state index in [1.165, 1.54) is 6.42 Å². The summed E-state index contributed by atoms with van der Waals surface area (Å²) in [7, 11) is 0. The molecule has 146 valence electrons. The fraction of sp³-hybridized carbons (Fsp3) is 0.895. The molecular formula is C19H32N4O3.